The van der Waals surface area contributed by atoms with Gasteiger partial charge in [0, 0.05) is 19.1 Å². The zero-order valence-corrected chi connectivity index (χ0v) is 9.72. The summed E-state index contributed by atoms with van der Waals surface area (Å²) in [6, 6.07) is -0.0370. The zero-order valence-electron chi connectivity index (χ0n) is 9.72. The number of nitrogens with zero attached hydrogens (tertiary/aromatic N) is 3. The number of nitrogens with two attached hydrogens (primary N) is 1. The van der Waals surface area contributed by atoms with Crippen LogP contribution in [0, 0.1) is 0 Å². The van der Waals surface area contributed by atoms with Crippen molar-refractivity contribution < 1.29 is 9.26 Å². The zero-order chi connectivity index (χ0) is 11.5. The van der Waals surface area contributed by atoms with Crippen LogP contribution in [0.25, 0.3) is 0 Å². The third kappa shape index (κ3) is 2.03. The van der Waals surface area contributed by atoms with Gasteiger partial charge >= 0.3 is 0 Å². The van der Waals surface area contributed by atoms with Crippen LogP contribution < -0.4 is 10.6 Å². The molecule has 2 heterocycles. The minimum Gasteiger partial charge on any atom is -0.379 e. The molecule has 0 bridgehead atoms. The Bertz CT molecular complexity index is 337. The minimum absolute atomic E-state index is 0.0370. The van der Waals surface area contributed by atoms with E-state index in [2.05, 4.69) is 24.0 Å². The highest BCUT2D eigenvalue weighted by molar-refractivity contribution is 5.27. The second kappa shape index (κ2) is 4.80. The monoisotopic (exact) mass is 226 g/mol. The van der Waals surface area contributed by atoms with Crippen molar-refractivity contribution in [1.29, 1.82) is 0 Å². The van der Waals surface area contributed by atoms with Crippen LogP contribution in [0.2, 0.25) is 0 Å². The fourth-order valence-corrected chi connectivity index (χ4v) is 1.84. The average Bonchev–Trinajstić information content (AvgIpc) is 2.89. The van der Waals surface area contributed by atoms with Gasteiger partial charge < -0.3 is 19.9 Å². The fraction of sp³-hybridized carbons (Fsp3) is 0.800. The van der Waals surface area contributed by atoms with E-state index in [0.29, 0.717) is 25.1 Å². The van der Waals surface area contributed by atoms with Crippen LogP contribution in [0.15, 0.2) is 4.52 Å². The van der Waals surface area contributed by atoms with Crippen molar-refractivity contribution in [3.05, 3.63) is 5.89 Å². The predicted octanol–water partition coefficient (Wildman–Crippen LogP) is 0.357. The van der Waals surface area contributed by atoms with Crippen molar-refractivity contribution >= 4 is 5.95 Å². The minimum atomic E-state index is -0.0370. The van der Waals surface area contributed by atoms with E-state index in [9.17, 15) is 0 Å². The first kappa shape index (κ1) is 11.3. The molecule has 90 valence electrons. The van der Waals surface area contributed by atoms with Gasteiger partial charge in [-0.15, -0.1) is 0 Å². The first-order valence-electron chi connectivity index (χ1n) is 5.68. The largest absolute Gasteiger partial charge is 0.379 e. The summed E-state index contributed by atoms with van der Waals surface area (Å²) < 4.78 is 10.5. The van der Waals surface area contributed by atoms with Gasteiger partial charge in [-0.3, -0.25) is 0 Å². The summed E-state index contributed by atoms with van der Waals surface area (Å²) in [6.45, 7) is 6.98. The molecule has 1 aromatic heterocycles. The van der Waals surface area contributed by atoms with E-state index < -0.39 is 0 Å². The number of hydrogen-bond donors (Lipinski definition) is 1. The first-order chi connectivity index (χ1) is 7.76. The molecule has 6 nitrogen and oxygen atoms in total. The summed E-state index contributed by atoms with van der Waals surface area (Å²) in [6.07, 6.45) is 0. The lowest BCUT2D eigenvalue weighted by molar-refractivity contribution is 0.187. The van der Waals surface area contributed by atoms with Gasteiger partial charge in [0.15, 0.2) is 0 Å². The van der Waals surface area contributed by atoms with Gasteiger partial charge in [0.25, 0.3) is 5.95 Å². The molecule has 0 saturated carbocycles. The van der Waals surface area contributed by atoms with E-state index in [-0.39, 0.29) is 12.0 Å². The van der Waals surface area contributed by atoms with E-state index in [1.807, 2.05) is 4.90 Å². The van der Waals surface area contributed by atoms with Gasteiger partial charge in [-0.1, -0.05) is 0 Å². The Morgan fingerprint density at radius 1 is 1.38 bits per heavy atom. The molecule has 1 aliphatic rings. The predicted molar refractivity (Wildman–Crippen MR) is 59.4 cm³/mol. The maximum atomic E-state index is 5.89. The summed E-state index contributed by atoms with van der Waals surface area (Å²) in [7, 11) is 0. The summed E-state index contributed by atoms with van der Waals surface area (Å²) in [5.74, 6) is 1.27. The van der Waals surface area contributed by atoms with Crippen LogP contribution in [-0.4, -0.2) is 42.5 Å². The van der Waals surface area contributed by atoms with Crippen LogP contribution in [0.1, 0.15) is 25.7 Å². The van der Waals surface area contributed by atoms with Crippen LogP contribution in [0.4, 0.5) is 5.95 Å². The SMILES string of the molecule is CCN(CC)c1noc(C2COCC2N)n1. The van der Waals surface area contributed by atoms with Crippen molar-refractivity contribution in [2.75, 3.05) is 31.2 Å². The molecular weight excluding hydrogens is 208 g/mol. The van der Waals surface area contributed by atoms with Crippen molar-refractivity contribution in [2.24, 2.45) is 5.73 Å². The molecule has 0 aliphatic carbocycles. The maximum absolute atomic E-state index is 5.89. The maximum Gasteiger partial charge on any atom is 0.266 e. The molecule has 1 saturated heterocycles. The Labute approximate surface area is 94.7 Å². The molecule has 1 aliphatic heterocycles. The first-order valence-corrected chi connectivity index (χ1v) is 5.68. The lowest BCUT2D eigenvalue weighted by Gasteiger charge is -2.14. The third-order valence-electron chi connectivity index (χ3n) is 2.92. The van der Waals surface area contributed by atoms with Crippen LogP contribution in [0.5, 0.6) is 0 Å². The van der Waals surface area contributed by atoms with Crippen LogP contribution >= 0.6 is 0 Å². The summed E-state index contributed by atoms with van der Waals surface area (Å²) in [5, 5.41) is 3.97. The van der Waals surface area contributed by atoms with Crippen LogP contribution in [-0.2, 0) is 4.74 Å². The van der Waals surface area contributed by atoms with E-state index >= 15 is 0 Å². The van der Waals surface area contributed by atoms with E-state index in [4.69, 9.17) is 15.0 Å². The number of aromatic nitrogens is 2. The van der Waals surface area contributed by atoms with Gasteiger partial charge in [-0.2, -0.15) is 4.98 Å². The smallest absolute Gasteiger partial charge is 0.266 e. The highest BCUT2D eigenvalue weighted by Crippen LogP contribution is 2.24. The number of anilines is 1. The molecule has 2 rings (SSSR count). The standard InChI is InChI=1S/C10H18N4O2/c1-3-14(4-2)10-12-9(16-13-10)7-5-15-6-8(7)11/h7-8H,3-6,11H2,1-2H3. The Balaban J connectivity index is 2.12. The molecule has 0 aromatic carbocycles. The second-order valence-corrected chi connectivity index (χ2v) is 3.91. The normalized spacial score (nSPS) is 24.9. The molecular formula is C10H18N4O2. The summed E-state index contributed by atoms with van der Waals surface area (Å²) in [4.78, 5) is 6.41. The summed E-state index contributed by atoms with van der Waals surface area (Å²) in [5.41, 5.74) is 5.89. The highest BCUT2D eigenvalue weighted by atomic mass is 16.5. The molecule has 16 heavy (non-hydrogen) atoms. The van der Waals surface area contributed by atoms with Crippen LogP contribution in [0.3, 0.4) is 0 Å². The van der Waals surface area contributed by atoms with E-state index in [0.717, 1.165) is 13.1 Å². The second-order valence-electron chi connectivity index (χ2n) is 3.91. The van der Waals surface area contributed by atoms with Crippen molar-refractivity contribution in [3.8, 4) is 0 Å². The molecule has 2 N–H and O–H groups in total. The number of ether oxygens (including phenoxy) is 1. The quantitative estimate of drug-likeness (QED) is 0.798. The molecule has 1 fully saturated rings. The average molecular weight is 226 g/mol. The van der Waals surface area contributed by atoms with E-state index in [1.165, 1.54) is 0 Å². The van der Waals surface area contributed by atoms with E-state index in [1.54, 1.807) is 0 Å². The number of hydrogen-bond acceptors (Lipinski definition) is 6. The fourth-order valence-electron chi connectivity index (χ4n) is 1.84. The molecule has 2 unspecified atom stereocenters. The molecule has 2 atom stereocenters. The summed E-state index contributed by atoms with van der Waals surface area (Å²) >= 11 is 0. The Morgan fingerprint density at radius 2 is 2.12 bits per heavy atom. The Hall–Kier alpha value is -1.14. The molecule has 0 radical (unpaired) electrons. The van der Waals surface area contributed by atoms with Gasteiger partial charge in [-0.25, -0.2) is 0 Å². The number of rotatable bonds is 4. The highest BCUT2D eigenvalue weighted by Gasteiger charge is 2.31. The Kier molecular flexibility index (Phi) is 3.40. The van der Waals surface area contributed by atoms with Crippen molar-refractivity contribution in [2.45, 2.75) is 25.8 Å². The lowest BCUT2D eigenvalue weighted by Crippen LogP contribution is -2.27. The molecule has 0 spiro atoms. The van der Waals surface area contributed by atoms with Crippen molar-refractivity contribution in [3.63, 3.8) is 0 Å². The molecule has 1 aromatic rings. The van der Waals surface area contributed by atoms with Gasteiger partial charge in [-0.05, 0) is 19.0 Å². The molecule has 6 heteroatoms. The third-order valence-corrected chi connectivity index (χ3v) is 2.92. The van der Waals surface area contributed by atoms with Crippen molar-refractivity contribution in [1.82, 2.24) is 10.1 Å². The Morgan fingerprint density at radius 3 is 2.69 bits per heavy atom. The van der Waals surface area contributed by atoms with Gasteiger partial charge in [0.1, 0.15) is 0 Å². The van der Waals surface area contributed by atoms with Gasteiger partial charge in [0.05, 0.1) is 19.1 Å². The van der Waals surface area contributed by atoms with Gasteiger partial charge in [0.2, 0.25) is 5.89 Å². The molecule has 0 amide bonds. The topological polar surface area (TPSA) is 77.4 Å². The lowest BCUT2D eigenvalue weighted by atomic mass is 10.1.